The van der Waals surface area contributed by atoms with Crippen LogP contribution in [0.15, 0.2) is 35.6 Å². The molecule has 196 valence electrons. The molecule has 1 aromatic rings. The van der Waals surface area contributed by atoms with Crippen molar-refractivity contribution >= 4 is 5.69 Å². The number of hydrogen-bond acceptors (Lipinski definition) is 2. The van der Waals surface area contributed by atoms with Gasteiger partial charge in [0.15, 0.2) is 0 Å². The number of benzene rings is 1. The van der Waals surface area contributed by atoms with Crippen LogP contribution in [0, 0.1) is 0 Å². The second kappa shape index (κ2) is 8.24. The highest BCUT2D eigenvalue weighted by Gasteiger charge is 2.88. The number of nitrogens with two attached hydrogens (primary N) is 1. The van der Waals surface area contributed by atoms with Gasteiger partial charge in [-0.2, -0.15) is 65.9 Å². The fraction of sp³-hybridized carbons (Fsp3) is 0.467. The third-order valence-electron chi connectivity index (χ3n) is 3.84. The minimum atomic E-state index is -8.21. The van der Waals surface area contributed by atoms with Crippen molar-refractivity contribution in [3.8, 4) is 5.75 Å². The number of hydrogen-bond donors (Lipinski definition) is 1. The molecule has 0 aromatic heterocycles. The van der Waals surface area contributed by atoms with Crippen molar-refractivity contribution in [2.75, 3.05) is 5.73 Å². The number of alkyl halides is 17. The summed E-state index contributed by atoms with van der Waals surface area (Å²) in [6, 6.07) is 1.21. The third kappa shape index (κ3) is 4.91. The molecular weight excluding hydrogens is 533 g/mol. The Morgan fingerprint density at radius 2 is 0.824 bits per heavy atom. The third-order valence-corrected chi connectivity index (χ3v) is 3.84. The van der Waals surface area contributed by atoms with E-state index in [1.165, 1.54) is 0 Å². The monoisotopic (exact) mass is 539 g/mol. The van der Waals surface area contributed by atoms with Crippen molar-refractivity contribution in [1.29, 1.82) is 0 Å². The first kappa shape index (κ1) is 29.4. The summed E-state index contributed by atoms with van der Waals surface area (Å²) in [6.07, 6.45) is -39.4. The van der Waals surface area contributed by atoms with E-state index in [9.17, 15) is 74.6 Å². The first-order chi connectivity index (χ1) is 14.7. The lowest BCUT2D eigenvalue weighted by Crippen LogP contribution is -2.67. The van der Waals surface area contributed by atoms with Crippen molar-refractivity contribution in [3.63, 3.8) is 0 Å². The van der Waals surface area contributed by atoms with Crippen LogP contribution in [0.3, 0.4) is 0 Å². The maximum Gasteiger partial charge on any atom is 0.449 e. The molecule has 1 rings (SSSR count). The Balaban J connectivity index is 4.48. The summed E-state index contributed by atoms with van der Waals surface area (Å²) in [5, 5.41) is 0. The summed E-state index contributed by atoms with van der Waals surface area (Å²) in [5.41, 5.74) is -17.3. The normalized spacial score (nSPS) is 14.7. The van der Waals surface area contributed by atoms with E-state index in [4.69, 9.17) is 5.73 Å². The van der Waals surface area contributed by atoms with Crippen LogP contribution in [0.5, 0.6) is 5.75 Å². The Morgan fingerprint density at radius 3 is 1.06 bits per heavy atom. The summed E-state index contributed by atoms with van der Waals surface area (Å²) >= 11 is 0. The SMILES string of the molecule is Nc1ccc(OC(=C(C(F)(C(F)(F)F)C(F)(F)F)C(F)(C(F)(F)F)C(F)(F)F)C(F)(F)F)cc1. The Kier molecular flexibility index (Phi) is 7.13. The van der Waals surface area contributed by atoms with Crippen LogP contribution < -0.4 is 10.5 Å². The largest absolute Gasteiger partial charge is 0.452 e. The van der Waals surface area contributed by atoms with Gasteiger partial charge in [-0.25, -0.2) is 8.78 Å². The molecule has 2 N–H and O–H groups in total. The zero-order chi connectivity index (χ0) is 27.3. The lowest BCUT2D eigenvalue weighted by atomic mass is 9.79. The molecule has 19 heteroatoms. The average Bonchev–Trinajstić information content (AvgIpc) is 2.57. The molecule has 2 nitrogen and oxygen atoms in total. The van der Waals surface area contributed by atoms with E-state index in [1.54, 1.807) is 0 Å². The van der Waals surface area contributed by atoms with Crippen molar-refractivity contribution in [2.45, 2.75) is 42.2 Å². The van der Waals surface area contributed by atoms with E-state index in [0.717, 1.165) is 0 Å². The topological polar surface area (TPSA) is 35.2 Å². The summed E-state index contributed by atoms with van der Waals surface area (Å²) in [6.45, 7) is 0. The van der Waals surface area contributed by atoms with E-state index in [2.05, 4.69) is 4.74 Å². The number of rotatable bonds is 4. The van der Waals surface area contributed by atoms with Crippen molar-refractivity contribution < 1.29 is 79.4 Å². The zero-order valence-corrected chi connectivity index (χ0v) is 15.2. The molecule has 0 saturated carbocycles. The number of halogens is 17. The molecule has 0 heterocycles. The van der Waals surface area contributed by atoms with E-state index >= 15 is 0 Å². The molecule has 0 unspecified atom stereocenters. The van der Waals surface area contributed by atoms with Crippen LogP contribution >= 0.6 is 0 Å². The molecular formula is C15H6F17NO. The van der Waals surface area contributed by atoms with Gasteiger partial charge in [0.2, 0.25) is 5.76 Å². The Labute approximate surface area is 175 Å². The molecule has 0 aliphatic carbocycles. The predicted octanol–water partition coefficient (Wildman–Crippen LogP) is 7.13. The maximum absolute atomic E-state index is 14.4. The molecule has 0 saturated heterocycles. The van der Waals surface area contributed by atoms with Gasteiger partial charge in [-0.05, 0) is 24.3 Å². The van der Waals surface area contributed by atoms with Gasteiger partial charge in [0.25, 0.3) is 0 Å². The standard InChI is InChI=1S/C15H6F17NO/c16-9(12(21,22)23,13(24,25)26)7(10(17,14(27,28)29)15(30,31)32)8(11(18,19)20)34-6-3-1-5(33)2-4-6/h1-4H,33H2. The van der Waals surface area contributed by atoms with Gasteiger partial charge < -0.3 is 10.5 Å². The van der Waals surface area contributed by atoms with Crippen molar-refractivity contribution in [2.24, 2.45) is 0 Å². The minimum absolute atomic E-state index is 0.126. The van der Waals surface area contributed by atoms with Crippen molar-refractivity contribution in [3.05, 3.63) is 35.6 Å². The number of allylic oxidation sites excluding steroid dienone is 2. The Hall–Kier alpha value is -2.63. The minimum Gasteiger partial charge on any atom is -0.452 e. The summed E-state index contributed by atoms with van der Waals surface area (Å²) in [5.74, 6) is -6.23. The smallest absolute Gasteiger partial charge is 0.449 e. The highest BCUT2D eigenvalue weighted by atomic mass is 19.4. The van der Waals surface area contributed by atoms with Gasteiger partial charge in [-0.3, -0.25) is 0 Å². The molecule has 0 fully saturated rings. The first-order valence-corrected chi connectivity index (χ1v) is 7.73. The van der Waals surface area contributed by atoms with Gasteiger partial charge in [0, 0.05) is 5.69 Å². The summed E-state index contributed by atoms with van der Waals surface area (Å²) in [7, 11) is 0. The maximum atomic E-state index is 14.4. The van der Waals surface area contributed by atoms with E-state index < -0.39 is 65.0 Å². The second-order valence-corrected chi connectivity index (χ2v) is 6.18. The molecule has 0 aliphatic rings. The van der Waals surface area contributed by atoms with Crippen LogP contribution in [0.2, 0.25) is 0 Å². The summed E-state index contributed by atoms with van der Waals surface area (Å²) < 4.78 is 229. The predicted molar refractivity (Wildman–Crippen MR) is 76.5 cm³/mol. The van der Waals surface area contributed by atoms with Crippen LogP contribution in [-0.2, 0) is 0 Å². The van der Waals surface area contributed by atoms with Gasteiger partial charge >= 0.3 is 42.2 Å². The van der Waals surface area contributed by atoms with Crippen LogP contribution in [0.4, 0.5) is 80.3 Å². The van der Waals surface area contributed by atoms with E-state index in [0.29, 0.717) is 12.1 Å². The Morgan fingerprint density at radius 1 is 0.529 bits per heavy atom. The molecule has 0 spiro atoms. The quantitative estimate of drug-likeness (QED) is 0.251. The van der Waals surface area contributed by atoms with Crippen LogP contribution in [-0.4, -0.2) is 42.2 Å². The molecule has 34 heavy (non-hydrogen) atoms. The molecule has 0 amide bonds. The van der Waals surface area contributed by atoms with Gasteiger partial charge in [-0.15, -0.1) is 0 Å². The van der Waals surface area contributed by atoms with Crippen molar-refractivity contribution in [1.82, 2.24) is 0 Å². The van der Waals surface area contributed by atoms with Gasteiger partial charge in [-0.1, -0.05) is 0 Å². The lowest BCUT2D eigenvalue weighted by Gasteiger charge is -2.41. The summed E-state index contributed by atoms with van der Waals surface area (Å²) in [4.78, 5) is 0. The van der Waals surface area contributed by atoms with Crippen LogP contribution in [0.25, 0.3) is 0 Å². The highest BCUT2D eigenvalue weighted by molar-refractivity contribution is 5.45. The van der Waals surface area contributed by atoms with Gasteiger partial charge in [0.1, 0.15) is 5.75 Å². The zero-order valence-electron chi connectivity index (χ0n) is 15.2. The van der Waals surface area contributed by atoms with Crippen LogP contribution in [0.1, 0.15) is 0 Å². The molecule has 0 bridgehead atoms. The first-order valence-electron chi connectivity index (χ1n) is 7.73. The molecule has 0 radical (unpaired) electrons. The fourth-order valence-corrected chi connectivity index (χ4v) is 2.34. The average molecular weight is 539 g/mol. The molecule has 0 atom stereocenters. The fourth-order valence-electron chi connectivity index (χ4n) is 2.34. The number of anilines is 1. The molecule has 1 aromatic carbocycles. The van der Waals surface area contributed by atoms with Gasteiger partial charge in [0.05, 0.1) is 5.57 Å². The number of ether oxygens (including phenoxy) is 1. The lowest BCUT2D eigenvalue weighted by molar-refractivity contribution is -0.365. The highest BCUT2D eigenvalue weighted by Crippen LogP contribution is 2.62. The Bertz CT molecular complexity index is 830. The molecule has 0 aliphatic heterocycles. The van der Waals surface area contributed by atoms with E-state index in [1.807, 2.05) is 0 Å². The second-order valence-electron chi connectivity index (χ2n) is 6.18. The van der Waals surface area contributed by atoms with E-state index in [-0.39, 0.29) is 12.1 Å². The number of nitrogen functional groups attached to an aromatic ring is 1.